The lowest BCUT2D eigenvalue weighted by molar-refractivity contribution is -0.0140. The van der Waals surface area contributed by atoms with Crippen molar-refractivity contribution in [2.45, 2.75) is 50.9 Å². The molecule has 3 atom stereocenters. The second kappa shape index (κ2) is 8.65. The van der Waals surface area contributed by atoms with E-state index in [1.54, 1.807) is 12.1 Å². The minimum absolute atomic E-state index is 0.198. The summed E-state index contributed by atoms with van der Waals surface area (Å²) >= 11 is 0. The monoisotopic (exact) mass is 422 g/mol. The summed E-state index contributed by atoms with van der Waals surface area (Å²) in [5.74, 6) is 1.66. The van der Waals surface area contributed by atoms with Crippen LogP contribution in [0.1, 0.15) is 54.4 Å². The van der Waals surface area contributed by atoms with Crippen molar-refractivity contribution in [1.82, 2.24) is 9.80 Å². The normalized spacial score (nSPS) is 27.7. The number of halogens is 1. The number of rotatable bonds is 7. The van der Waals surface area contributed by atoms with E-state index in [1.165, 1.54) is 49.0 Å². The van der Waals surface area contributed by atoms with Crippen LogP contribution in [0.25, 0.3) is 0 Å². The smallest absolute Gasteiger partial charge is 0.123 e. The van der Waals surface area contributed by atoms with Gasteiger partial charge in [0.15, 0.2) is 0 Å². The molecule has 4 heteroatoms. The molecule has 3 aliphatic rings. The summed E-state index contributed by atoms with van der Waals surface area (Å²) in [5.41, 5.74) is 4.55. The Labute approximate surface area is 186 Å². The van der Waals surface area contributed by atoms with Crippen molar-refractivity contribution in [3.63, 3.8) is 0 Å². The maximum absolute atomic E-state index is 13.6. The molecule has 1 saturated heterocycles. The zero-order valence-electron chi connectivity index (χ0n) is 18.9. The minimum atomic E-state index is -0.470. The quantitative estimate of drug-likeness (QED) is 0.612. The molecular formula is C27H35FN2O. The fourth-order valence-corrected chi connectivity index (χ4v) is 6.21. The van der Waals surface area contributed by atoms with E-state index in [1.807, 2.05) is 12.1 Å². The highest BCUT2D eigenvalue weighted by Crippen LogP contribution is 2.46. The Hall–Kier alpha value is -1.75. The zero-order valence-corrected chi connectivity index (χ0v) is 18.9. The van der Waals surface area contributed by atoms with E-state index >= 15 is 0 Å². The van der Waals surface area contributed by atoms with Gasteiger partial charge in [0.2, 0.25) is 0 Å². The minimum Gasteiger partial charge on any atom is -0.361 e. The molecule has 0 bridgehead atoms. The Morgan fingerprint density at radius 1 is 1.06 bits per heavy atom. The molecule has 2 aromatic carbocycles. The molecule has 166 valence electrons. The van der Waals surface area contributed by atoms with Crippen molar-refractivity contribution in [3.05, 3.63) is 70.5 Å². The molecule has 0 N–H and O–H groups in total. The summed E-state index contributed by atoms with van der Waals surface area (Å²) in [6, 6.07) is 13.9. The second-order valence-corrected chi connectivity index (χ2v) is 10.2. The fourth-order valence-electron chi connectivity index (χ4n) is 6.21. The van der Waals surface area contributed by atoms with Gasteiger partial charge in [0, 0.05) is 19.6 Å². The average molecular weight is 423 g/mol. The number of likely N-dealkylation sites (tertiary alicyclic amines) is 1. The first kappa shape index (κ1) is 21.1. The maximum atomic E-state index is 13.6. The van der Waals surface area contributed by atoms with Crippen molar-refractivity contribution in [2.24, 2.45) is 11.8 Å². The van der Waals surface area contributed by atoms with Crippen LogP contribution in [-0.2, 0) is 23.5 Å². The van der Waals surface area contributed by atoms with Crippen LogP contribution >= 0.6 is 0 Å². The summed E-state index contributed by atoms with van der Waals surface area (Å²) in [6.45, 7) is 5.22. The number of ether oxygens (including phenoxy) is 1. The summed E-state index contributed by atoms with van der Waals surface area (Å²) in [5, 5.41) is 0. The van der Waals surface area contributed by atoms with Gasteiger partial charge in [0.1, 0.15) is 11.4 Å². The molecule has 1 saturated carbocycles. The van der Waals surface area contributed by atoms with Crippen LogP contribution in [0.15, 0.2) is 42.5 Å². The van der Waals surface area contributed by atoms with E-state index in [9.17, 15) is 4.39 Å². The van der Waals surface area contributed by atoms with Crippen molar-refractivity contribution in [1.29, 1.82) is 0 Å². The van der Waals surface area contributed by atoms with Gasteiger partial charge in [-0.3, -0.25) is 4.90 Å². The first-order valence-corrected chi connectivity index (χ1v) is 11.9. The van der Waals surface area contributed by atoms with Crippen LogP contribution in [0.3, 0.4) is 0 Å². The highest BCUT2D eigenvalue weighted by molar-refractivity contribution is 5.45. The van der Waals surface area contributed by atoms with Crippen LogP contribution in [0, 0.1) is 17.7 Å². The van der Waals surface area contributed by atoms with Crippen LogP contribution in [0.2, 0.25) is 0 Å². The lowest BCUT2D eigenvalue weighted by Crippen LogP contribution is -2.28. The molecule has 3 unspecified atom stereocenters. The summed E-state index contributed by atoms with van der Waals surface area (Å²) in [4.78, 5) is 4.86. The van der Waals surface area contributed by atoms with Crippen LogP contribution in [0.4, 0.5) is 4.39 Å². The van der Waals surface area contributed by atoms with E-state index in [2.05, 4.69) is 42.1 Å². The first-order valence-electron chi connectivity index (χ1n) is 11.9. The third-order valence-electron chi connectivity index (χ3n) is 7.73. The topological polar surface area (TPSA) is 15.7 Å². The van der Waals surface area contributed by atoms with Gasteiger partial charge in [-0.25, -0.2) is 4.39 Å². The molecule has 2 fully saturated rings. The highest BCUT2D eigenvalue weighted by Gasteiger charge is 2.41. The van der Waals surface area contributed by atoms with E-state index < -0.39 is 5.60 Å². The lowest BCUT2D eigenvalue weighted by atomic mass is 9.81. The molecule has 31 heavy (non-hydrogen) atoms. The van der Waals surface area contributed by atoms with Crippen LogP contribution < -0.4 is 0 Å². The highest BCUT2D eigenvalue weighted by atomic mass is 19.1. The van der Waals surface area contributed by atoms with Gasteiger partial charge >= 0.3 is 0 Å². The van der Waals surface area contributed by atoms with E-state index in [0.29, 0.717) is 6.61 Å². The molecule has 5 rings (SSSR count). The summed E-state index contributed by atoms with van der Waals surface area (Å²) in [7, 11) is 4.21. The number of hydrogen-bond acceptors (Lipinski definition) is 3. The van der Waals surface area contributed by atoms with Gasteiger partial charge in [0.25, 0.3) is 0 Å². The average Bonchev–Trinajstić information content (AvgIpc) is 3.42. The second-order valence-electron chi connectivity index (χ2n) is 10.2. The van der Waals surface area contributed by atoms with Crippen molar-refractivity contribution >= 4 is 0 Å². The van der Waals surface area contributed by atoms with Crippen molar-refractivity contribution in [3.8, 4) is 0 Å². The van der Waals surface area contributed by atoms with Crippen LogP contribution in [0.5, 0.6) is 0 Å². The van der Waals surface area contributed by atoms with E-state index in [-0.39, 0.29) is 5.82 Å². The Bertz CT molecular complexity index is 900. The van der Waals surface area contributed by atoms with Crippen molar-refractivity contribution in [2.75, 3.05) is 33.7 Å². The summed E-state index contributed by atoms with van der Waals surface area (Å²) < 4.78 is 20.2. The van der Waals surface area contributed by atoms with Gasteiger partial charge in [-0.05, 0) is 92.5 Å². The molecule has 0 spiro atoms. The van der Waals surface area contributed by atoms with E-state index in [0.717, 1.165) is 43.3 Å². The standard InChI is InChI=1S/C27H35FN2O/c1-29(2)14-4-13-27(24-8-10-25(28)11-9-24)26-12-7-20(15-23(26)19-31-27)16-30-17-21-5-3-6-22(21)18-30/h7-12,15,21-22H,3-6,13-14,16-19H2,1-2H3. The molecule has 0 aromatic heterocycles. The molecule has 2 aliphatic heterocycles. The van der Waals surface area contributed by atoms with Gasteiger partial charge in [0.05, 0.1) is 6.61 Å². The predicted molar refractivity (Wildman–Crippen MR) is 122 cm³/mol. The molecule has 0 radical (unpaired) electrons. The number of benzene rings is 2. The van der Waals surface area contributed by atoms with Gasteiger partial charge in [-0.1, -0.05) is 36.8 Å². The lowest BCUT2D eigenvalue weighted by Gasteiger charge is -2.31. The third kappa shape index (κ3) is 4.18. The Morgan fingerprint density at radius 2 is 1.81 bits per heavy atom. The Balaban J connectivity index is 1.38. The molecule has 2 aromatic rings. The van der Waals surface area contributed by atoms with Crippen LogP contribution in [-0.4, -0.2) is 43.5 Å². The molecular weight excluding hydrogens is 387 g/mol. The predicted octanol–water partition coefficient (Wildman–Crippen LogP) is 5.17. The first-order chi connectivity index (χ1) is 15.0. The molecule has 3 nitrogen and oxygen atoms in total. The van der Waals surface area contributed by atoms with Gasteiger partial charge < -0.3 is 9.64 Å². The SMILES string of the molecule is CN(C)CCCC1(c2ccc(F)cc2)OCc2cc(CN3CC4CCCC4C3)ccc21. The fraction of sp³-hybridized carbons (Fsp3) is 0.556. The van der Waals surface area contributed by atoms with Gasteiger partial charge in [-0.15, -0.1) is 0 Å². The Kier molecular flexibility index (Phi) is 5.89. The van der Waals surface area contributed by atoms with Crippen molar-refractivity contribution < 1.29 is 9.13 Å². The maximum Gasteiger partial charge on any atom is 0.123 e. The third-order valence-corrected chi connectivity index (χ3v) is 7.73. The number of fused-ring (bicyclic) bond motifs is 2. The Morgan fingerprint density at radius 3 is 2.52 bits per heavy atom. The molecule has 2 heterocycles. The number of hydrogen-bond donors (Lipinski definition) is 0. The van der Waals surface area contributed by atoms with E-state index in [4.69, 9.17) is 4.74 Å². The zero-order chi connectivity index (χ0) is 21.4. The number of nitrogens with zero attached hydrogens (tertiary/aromatic N) is 2. The summed E-state index contributed by atoms with van der Waals surface area (Å²) in [6.07, 6.45) is 6.21. The molecule has 1 aliphatic carbocycles. The largest absolute Gasteiger partial charge is 0.361 e. The molecule has 0 amide bonds. The van der Waals surface area contributed by atoms with Gasteiger partial charge in [-0.2, -0.15) is 0 Å².